The second-order valence-electron chi connectivity index (χ2n) is 4.03. The van der Waals surface area contributed by atoms with Gasteiger partial charge in [-0.1, -0.05) is 0 Å². The zero-order valence-corrected chi connectivity index (χ0v) is 10.4. The van der Waals surface area contributed by atoms with Gasteiger partial charge in [-0.3, -0.25) is 4.57 Å². The van der Waals surface area contributed by atoms with Crippen LogP contribution in [0, 0.1) is 0 Å². The van der Waals surface area contributed by atoms with Gasteiger partial charge >= 0.3 is 5.69 Å². The standard InChI is InChI=1S/C10H16F2N4O4/c11-3-7(16-2-1-6(14)15-9(16)19)20-10(4-13,5-17)8(12)18/h1-2,7-8,17-18H,3-5,13H2,(H2,14,15,19)/t7-,8-,10-/m1/s1. The van der Waals surface area contributed by atoms with Crippen molar-refractivity contribution < 1.29 is 23.7 Å². The summed E-state index contributed by atoms with van der Waals surface area (Å²) in [5.41, 5.74) is 7.35. The van der Waals surface area contributed by atoms with E-state index in [1.54, 1.807) is 0 Å². The normalized spacial score (nSPS) is 17.4. The Morgan fingerprint density at radius 2 is 2.25 bits per heavy atom. The molecule has 0 aliphatic carbocycles. The quantitative estimate of drug-likeness (QED) is 0.470. The molecule has 0 unspecified atom stereocenters. The molecule has 0 saturated carbocycles. The third-order valence-electron chi connectivity index (χ3n) is 2.71. The number of alkyl halides is 2. The van der Waals surface area contributed by atoms with E-state index >= 15 is 0 Å². The minimum Gasteiger partial charge on any atom is -0.393 e. The van der Waals surface area contributed by atoms with Crippen molar-refractivity contribution in [3.05, 3.63) is 22.7 Å². The van der Waals surface area contributed by atoms with Gasteiger partial charge in [0, 0.05) is 12.7 Å². The number of nitrogen functional groups attached to an aromatic ring is 1. The number of aliphatic hydroxyl groups excluding tert-OH is 2. The Hall–Kier alpha value is -1.62. The number of nitrogens with two attached hydrogens (primary N) is 2. The summed E-state index contributed by atoms with van der Waals surface area (Å²) in [6.07, 6.45) is -3.18. The minimum atomic E-state index is -2.66. The molecule has 20 heavy (non-hydrogen) atoms. The third-order valence-corrected chi connectivity index (χ3v) is 2.71. The summed E-state index contributed by atoms with van der Waals surface area (Å²) in [7, 11) is 0. The zero-order chi connectivity index (χ0) is 15.3. The Labute approximate surface area is 112 Å². The van der Waals surface area contributed by atoms with Crippen molar-refractivity contribution in [3.8, 4) is 0 Å². The fourth-order valence-electron chi connectivity index (χ4n) is 1.46. The van der Waals surface area contributed by atoms with Gasteiger partial charge in [-0.2, -0.15) is 4.98 Å². The summed E-state index contributed by atoms with van der Waals surface area (Å²) in [4.78, 5) is 14.9. The highest BCUT2D eigenvalue weighted by Gasteiger charge is 2.41. The van der Waals surface area contributed by atoms with Crippen LogP contribution in [0.5, 0.6) is 0 Å². The predicted octanol–water partition coefficient (Wildman–Crippen LogP) is -1.71. The smallest absolute Gasteiger partial charge is 0.351 e. The van der Waals surface area contributed by atoms with Crippen LogP contribution in [0.4, 0.5) is 14.6 Å². The number of hydrogen-bond donors (Lipinski definition) is 4. The SMILES string of the molecule is NC[C@](CO)(O[C@H](CF)n1ccc(N)nc1=O)[C@@H](O)F. The van der Waals surface area contributed by atoms with Crippen LogP contribution in [-0.4, -0.2) is 51.5 Å². The lowest BCUT2D eigenvalue weighted by Gasteiger charge is -2.34. The van der Waals surface area contributed by atoms with Crippen LogP contribution in [0.2, 0.25) is 0 Å². The first-order valence-corrected chi connectivity index (χ1v) is 5.61. The summed E-state index contributed by atoms with van der Waals surface area (Å²) in [5.74, 6) is -0.0818. The van der Waals surface area contributed by atoms with Crippen LogP contribution in [0.25, 0.3) is 0 Å². The van der Waals surface area contributed by atoms with E-state index in [1.165, 1.54) is 6.07 Å². The van der Waals surface area contributed by atoms with E-state index in [-0.39, 0.29) is 5.82 Å². The first kappa shape index (κ1) is 16.4. The number of aromatic nitrogens is 2. The largest absolute Gasteiger partial charge is 0.393 e. The molecule has 1 aromatic rings. The molecular formula is C10H16F2N4O4. The number of halogens is 2. The Kier molecular flexibility index (Phi) is 5.51. The van der Waals surface area contributed by atoms with Crippen molar-refractivity contribution >= 4 is 5.82 Å². The average molecular weight is 294 g/mol. The van der Waals surface area contributed by atoms with Gasteiger partial charge in [0.2, 0.25) is 6.36 Å². The van der Waals surface area contributed by atoms with Crippen LogP contribution in [0.3, 0.4) is 0 Å². The Morgan fingerprint density at radius 1 is 1.60 bits per heavy atom. The monoisotopic (exact) mass is 294 g/mol. The van der Waals surface area contributed by atoms with Gasteiger partial charge in [-0.15, -0.1) is 0 Å². The highest BCUT2D eigenvalue weighted by Crippen LogP contribution is 2.23. The number of rotatable bonds is 7. The molecule has 0 radical (unpaired) electrons. The molecule has 1 aromatic heterocycles. The molecule has 6 N–H and O–H groups in total. The van der Waals surface area contributed by atoms with Gasteiger partial charge in [0.25, 0.3) is 0 Å². The molecular weight excluding hydrogens is 278 g/mol. The fraction of sp³-hybridized carbons (Fsp3) is 0.600. The molecule has 0 amide bonds. The summed E-state index contributed by atoms with van der Waals surface area (Å²) in [6, 6.07) is 1.21. The van der Waals surface area contributed by atoms with E-state index in [0.29, 0.717) is 4.57 Å². The molecule has 114 valence electrons. The summed E-state index contributed by atoms with van der Waals surface area (Å²) in [6.45, 7) is -2.87. The van der Waals surface area contributed by atoms with Crippen molar-refractivity contribution in [1.29, 1.82) is 0 Å². The lowest BCUT2D eigenvalue weighted by Crippen LogP contribution is -2.54. The van der Waals surface area contributed by atoms with E-state index in [4.69, 9.17) is 26.4 Å². The van der Waals surface area contributed by atoms with Crippen LogP contribution in [-0.2, 0) is 4.74 Å². The van der Waals surface area contributed by atoms with Crippen molar-refractivity contribution in [1.82, 2.24) is 9.55 Å². The lowest BCUT2D eigenvalue weighted by molar-refractivity contribution is -0.228. The van der Waals surface area contributed by atoms with Crippen molar-refractivity contribution in [3.63, 3.8) is 0 Å². The maximum atomic E-state index is 13.1. The summed E-state index contributed by atoms with van der Waals surface area (Å²) < 4.78 is 31.8. The predicted molar refractivity (Wildman–Crippen MR) is 65.0 cm³/mol. The van der Waals surface area contributed by atoms with Gasteiger partial charge < -0.3 is 26.4 Å². The molecule has 0 saturated heterocycles. The first-order valence-electron chi connectivity index (χ1n) is 5.61. The third kappa shape index (κ3) is 3.28. The molecule has 0 aliphatic heterocycles. The molecule has 3 atom stereocenters. The number of hydrogen-bond acceptors (Lipinski definition) is 7. The molecule has 0 spiro atoms. The van der Waals surface area contributed by atoms with Gasteiger partial charge in [0.15, 0.2) is 11.8 Å². The number of nitrogens with zero attached hydrogens (tertiary/aromatic N) is 2. The van der Waals surface area contributed by atoms with Crippen LogP contribution < -0.4 is 17.2 Å². The topological polar surface area (TPSA) is 137 Å². The summed E-state index contributed by atoms with van der Waals surface area (Å²) in [5, 5.41) is 18.1. The number of ether oxygens (including phenoxy) is 1. The molecule has 1 heterocycles. The van der Waals surface area contributed by atoms with E-state index < -0.39 is 43.7 Å². The van der Waals surface area contributed by atoms with Crippen molar-refractivity contribution in [2.45, 2.75) is 18.2 Å². The highest BCUT2D eigenvalue weighted by atomic mass is 19.1. The van der Waals surface area contributed by atoms with E-state index in [2.05, 4.69) is 4.98 Å². The molecule has 10 heteroatoms. The Morgan fingerprint density at radius 3 is 2.65 bits per heavy atom. The average Bonchev–Trinajstić information content (AvgIpc) is 2.41. The fourth-order valence-corrected chi connectivity index (χ4v) is 1.46. The van der Waals surface area contributed by atoms with E-state index in [9.17, 15) is 13.6 Å². The van der Waals surface area contributed by atoms with E-state index in [1.807, 2.05) is 0 Å². The molecule has 0 fully saturated rings. The molecule has 1 rings (SSSR count). The molecule has 0 aromatic carbocycles. The van der Waals surface area contributed by atoms with Crippen molar-refractivity contribution in [2.75, 3.05) is 25.6 Å². The zero-order valence-electron chi connectivity index (χ0n) is 10.4. The second kappa shape index (κ2) is 6.70. The van der Waals surface area contributed by atoms with Crippen molar-refractivity contribution in [2.24, 2.45) is 5.73 Å². The molecule has 8 nitrogen and oxygen atoms in total. The summed E-state index contributed by atoms with van der Waals surface area (Å²) >= 11 is 0. The number of aliphatic hydroxyl groups is 2. The molecule has 0 bridgehead atoms. The number of anilines is 1. The minimum absolute atomic E-state index is 0.0818. The van der Waals surface area contributed by atoms with Gasteiger partial charge in [-0.05, 0) is 6.07 Å². The van der Waals surface area contributed by atoms with Gasteiger partial charge in [0.1, 0.15) is 12.5 Å². The lowest BCUT2D eigenvalue weighted by atomic mass is 10.1. The van der Waals surface area contributed by atoms with Crippen LogP contribution in [0.1, 0.15) is 6.23 Å². The van der Waals surface area contributed by atoms with Crippen LogP contribution >= 0.6 is 0 Å². The van der Waals surface area contributed by atoms with E-state index in [0.717, 1.165) is 6.20 Å². The maximum absolute atomic E-state index is 13.1. The molecule has 0 aliphatic rings. The second-order valence-corrected chi connectivity index (χ2v) is 4.03. The Balaban J connectivity index is 3.10. The van der Waals surface area contributed by atoms with Gasteiger partial charge in [0.05, 0.1) is 6.61 Å². The van der Waals surface area contributed by atoms with Crippen LogP contribution in [0.15, 0.2) is 17.1 Å². The Bertz CT molecular complexity index is 492. The highest BCUT2D eigenvalue weighted by molar-refractivity contribution is 5.23. The van der Waals surface area contributed by atoms with Gasteiger partial charge in [-0.25, -0.2) is 13.6 Å². The maximum Gasteiger partial charge on any atom is 0.351 e. The first-order chi connectivity index (χ1) is 9.40.